The number of hydrazone groups is 1. The van der Waals surface area contributed by atoms with Crippen LogP contribution in [0.1, 0.15) is 11.1 Å². The minimum Gasteiger partial charge on any atom is -0.424 e. The van der Waals surface area contributed by atoms with Gasteiger partial charge in [-0.1, -0.05) is 84.4 Å². The highest BCUT2D eigenvalue weighted by Crippen LogP contribution is 2.24. The molecule has 0 radical (unpaired) electrons. The first-order chi connectivity index (χ1) is 18.7. The van der Waals surface area contributed by atoms with Gasteiger partial charge in [-0.2, -0.15) is 15.1 Å². The van der Waals surface area contributed by atoms with Gasteiger partial charge in [-0.15, -0.1) is 15.2 Å². The van der Waals surface area contributed by atoms with Gasteiger partial charge in [-0.05, 0) is 43.3 Å². The molecule has 5 aromatic rings. The molecule has 9 heteroatoms. The van der Waals surface area contributed by atoms with Crippen LogP contribution in [0.15, 0.2) is 131 Å². The standard InChI is InChI=1S/C29H23N7O2/c1-21-17-19-22(20-18-21)26(34-33-23-11-5-2-6-12-23)35-36-27-30-28(37-24-13-7-3-8-14-24)32-29(31-27)38-25-15-9-4-10-16-25/h2-20,33H,1H3. The van der Waals surface area contributed by atoms with Crippen molar-refractivity contribution in [3.63, 3.8) is 0 Å². The predicted octanol–water partition coefficient (Wildman–Crippen LogP) is 7.32. The fourth-order valence-electron chi connectivity index (χ4n) is 3.22. The Morgan fingerprint density at radius 3 is 1.71 bits per heavy atom. The van der Waals surface area contributed by atoms with Crippen molar-refractivity contribution in [3.05, 3.63) is 126 Å². The minimum absolute atomic E-state index is 0.00335. The lowest BCUT2D eigenvalue weighted by Gasteiger charge is -2.07. The zero-order chi connectivity index (χ0) is 26.0. The van der Waals surface area contributed by atoms with Gasteiger partial charge in [0.15, 0.2) is 0 Å². The summed E-state index contributed by atoms with van der Waals surface area (Å²) in [5.74, 6) is 1.45. The van der Waals surface area contributed by atoms with E-state index in [-0.39, 0.29) is 18.0 Å². The molecule has 0 fully saturated rings. The molecule has 186 valence electrons. The first-order valence-electron chi connectivity index (χ1n) is 11.8. The molecule has 4 aromatic carbocycles. The summed E-state index contributed by atoms with van der Waals surface area (Å²) in [6.45, 7) is 2.01. The molecule has 0 aliphatic carbocycles. The second-order valence-corrected chi connectivity index (χ2v) is 8.01. The van der Waals surface area contributed by atoms with Crippen LogP contribution in [0, 0.1) is 6.92 Å². The Labute approximate surface area is 219 Å². The lowest BCUT2D eigenvalue weighted by Crippen LogP contribution is -2.02. The average molecular weight is 502 g/mol. The first kappa shape index (κ1) is 24.3. The highest BCUT2D eigenvalue weighted by molar-refractivity contribution is 5.99. The number of aromatic nitrogens is 3. The van der Waals surface area contributed by atoms with Crippen LogP contribution >= 0.6 is 0 Å². The lowest BCUT2D eigenvalue weighted by molar-refractivity contribution is 0.398. The fourth-order valence-corrected chi connectivity index (χ4v) is 3.22. The summed E-state index contributed by atoms with van der Waals surface area (Å²) in [6.07, 6.45) is 0. The smallest absolute Gasteiger partial charge is 0.330 e. The van der Waals surface area contributed by atoms with Crippen molar-refractivity contribution >= 4 is 17.5 Å². The van der Waals surface area contributed by atoms with Gasteiger partial charge in [0.05, 0.1) is 5.69 Å². The molecule has 1 aromatic heterocycles. The third kappa shape index (κ3) is 6.82. The van der Waals surface area contributed by atoms with E-state index in [0.29, 0.717) is 17.3 Å². The van der Waals surface area contributed by atoms with Gasteiger partial charge >= 0.3 is 12.0 Å². The average Bonchev–Trinajstić information content (AvgIpc) is 2.95. The van der Waals surface area contributed by atoms with E-state index in [9.17, 15) is 0 Å². The van der Waals surface area contributed by atoms with E-state index in [1.807, 2.05) is 97.9 Å². The molecule has 0 saturated carbocycles. The number of hydrogen-bond donors (Lipinski definition) is 1. The normalized spacial score (nSPS) is 11.3. The molecule has 0 atom stereocenters. The Bertz CT molecular complexity index is 1470. The fraction of sp³-hybridized carbons (Fsp3) is 0.0345. The summed E-state index contributed by atoms with van der Waals surface area (Å²) < 4.78 is 11.6. The van der Waals surface area contributed by atoms with Crippen LogP contribution in [-0.4, -0.2) is 20.8 Å². The molecule has 0 aliphatic heterocycles. The van der Waals surface area contributed by atoms with Crippen LogP contribution in [0.2, 0.25) is 0 Å². The van der Waals surface area contributed by atoms with Gasteiger partial charge in [0.2, 0.25) is 5.84 Å². The van der Waals surface area contributed by atoms with Gasteiger partial charge in [0, 0.05) is 5.56 Å². The molecule has 1 N–H and O–H groups in total. The third-order valence-corrected chi connectivity index (χ3v) is 5.10. The second kappa shape index (κ2) is 12.0. The number of ether oxygens (including phenoxy) is 2. The molecule has 38 heavy (non-hydrogen) atoms. The SMILES string of the molecule is Cc1ccc(C(N=Nc2nc(Oc3ccccc3)nc(Oc3ccccc3)n2)=NNc2ccccc2)cc1. The quantitative estimate of drug-likeness (QED) is 0.103. The monoisotopic (exact) mass is 501 g/mol. The van der Waals surface area contributed by atoms with Crippen LogP contribution in [0.3, 0.4) is 0 Å². The summed E-state index contributed by atoms with van der Waals surface area (Å²) in [4.78, 5) is 12.9. The third-order valence-electron chi connectivity index (χ3n) is 5.10. The molecule has 0 aliphatic rings. The molecule has 0 saturated heterocycles. The molecule has 0 unspecified atom stereocenters. The lowest BCUT2D eigenvalue weighted by atomic mass is 10.1. The van der Waals surface area contributed by atoms with Crippen molar-refractivity contribution in [2.45, 2.75) is 6.92 Å². The Morgan fingerprint density at radius 2 is 1.16 bits per heavy atom. The number of benzene rings is 4. The van der Waals surface area contributed by atoms with Crippen LogP contribution < -0.4 is 14.9 Å². The highest BCUT2D eigenvalue weighted by atomic mass is 16.5. The van der Waals surface area contributed by atoms with Gasteiger partial charge in [0.1, 0.15) is 11.5 Å². The maximum Gasteiger partial charge on any atom is 0.330 e. The van der Waals surface area contributed by atoms with Gasteiger partial charge < -0.3 is 9.47 Å². The van der Waals surface area contributed by atoms with Crippen LogP contribution in [0.4, 0.5) is 11.6 Å². The Balaban J connectivity index is 1.48. The zero-order valence-electron chi connectivity index (χ0n) is 20.5. The van der Waals surface area contributed by atoms with E-state index in [1.54, 1.807) is 24.3 Å². The Hall–Kier alpha value is -5.44. The van der Waals surface area contributed by atoms with Gasteiger partial charge in [0.25, 0.3) is 5.95 Å². The van der Waals surface area contributed by atoms with E-state index in [1.165, 1.54) is 0 Å². The molecule has 1 heterocycles. The summed E-state index contributed by atoms with van der Waals surface area (Å²) in [5.41, 5.74) is 5.70. The maximum atomic E-state index is 5.82. The highest BCUT2D eigenvalue weighted by Gasteiger charge is 2.12. The van der Waals surface area contributed by atoms with Crippen LogP contribution in [-0.2, 0) is 0 Å². The summed E-state index contributed by atoms with van der Waals surface area (Å²) in [5, 5.41) is 13.1. The Kier molecular flexibility index (Phi) is 7.66. The molecule has 0 amide bonds. The van der Waals surface area contributed by atoms with Gasteiger partial charge in [-0.3, -0.25) is 5.43 Å². The summed E-state index contributed by atoms with van der Waals surface area (Å²) >= 11 is 0. The zero-order valence-corrected chi connectivity index (χ0v) is 20.5. The van der Waals surface area contributed by atoms with E-state index >= 15 is 0 Å². The van der Waals surface area contributed by atoms with Crippen molar-refractivity contribution in [2.75, 3.05) is 5.43 Å². The number of hydrogen-bond acceptors (Lipinski definition) is 8. The molecular formula is C29H23N7O2. The number of rotatable bonds is 8. The maximum absolute atomic E-state index is 5.82. The topological polar surface area (TPSA) is 106 Å². The van der Waals surface area contributed by atoms with E-state index in [0.717, 1.165) is 16.8 Å². The molecule has 5 rings (SSSR count). The van der Waals surface area contributed by atoms with Crippen molar-refractivity contribution in [3.8, 4) is 23.5 Å². The molecular weight excluding hydrogens is 478 g/mol. The summed E-state index contributed by atoms with van der Waals surface area (Å²) in [7, 11) is 0. The van der Waals surface area contributed by atoms with Crippen molar-refractivity contribution in [2.24, 2.45) is 15.3 Å². The number of azo groups is 1. The number of amidine groups is 1. The molecule has 0 bridgehead atoms. The van der Waals surface area contributed by atoms with Crippen LogP contribution in [0.25, 0.3) is 0 Å². The number of aryl methyl sites for hydroxylation is 1. The number of nitrogens with zero attached hydrogens (tertiary/aromatic N) is 6. The number of anilines is 1. The van der Waals surface area contributed by atoms with E-state index in [4.69, 9.17) is 9.47 Å². The van der Waals surface area contributed by atoms with Crippen molar-refractivity contribution in [1.82, 2.24) is 15.0 Å². The minimum atomic E-state index is -0.00335. The van der Waals surface area contributed by atoms with Crippen LogP contribution in [0.5, 0.6) is 23.5 Å². The second-order valence-electron chi connectivity index (χ2n) is 8.01. The van der Waals surface area contributed by atoms with E-state index < -0.39 is 0 Å². The van der Waals surface area contributed by atoms with Crippen molar-refractivity contribution in [1.29, 1.82) is 0 Å². The van der Waals surface area contributed by atoms with E-state index in [2.05, 4.69) is 35.7 Å². The van der Waals surface area contributed by atoms with Gasteiger partial charge in [-0.25, -0.2) is 0 Å². The first-order valence-corrected chi connectivity index (χ1v) is 11.8. The number of para-hydroxylation sites is 3. The Morgan fingerprint density at radius 1 is 0.632 bits per heavy atom. The predicted molar refractivity (Wildman–Crippen MR) is 145 cm³/mol. The number of nitrogens with one attached hydrogen (secondary N) is 1. The molecule has 9 nitrogen and oxygen atoms in total. The summed E-state index contributed by atoms with van der Waals surface area (Å²) in [6, 6.07) is 35.7. The largest absolute Gasteiger partial charge is 0.424 e. The van der Waals surface area contributed by atoms with Crippen molar-refractivity contribution < 1.29 is 9.47 Å². The molecule has 0 spiro atoms.